The number of hydrogen-bond acceptors (Lipinski definition) is 6. The summed E-state index contributed by atoms with van der Waals surface area (Å²) >= 11 is 1.27. The average molecular weight is 349 g/mol. The Balaban J connectivity index is 0.00000242. The number of thioether (sulfide) groups is 1. The van der Waals surface area contributed by atoms with E-state index in [1.165, 1.54) is 23.9 Å². The molecule has 122 valence electrons. The average Bonchev–Trinajstić information content (AvgIpc) is 2.89. The van der Waals surface area contributed by atoms with Crippen molar-refractivity contribution in [1.82, 2.24) is 14.8 Å². The number of halogens is 2. The highest BCUT2D eigenvalue weighted by Gasteiger charge is 2.15. The van der Waals surface area contributed by atoms with Crippen molar-refractivity contribution in [3.63, 3.8) is 0 Å². The predicted octanol–water partition coefficient (Wildman–Crippen LogP) is 0.775. The van der Waals surface area contributed by atoms with E-state index in [9.17, 15) is 9.50 Å². The number of nitrogens with zero attached hydrogens (tertiary/aromatic N) is 3. The van der Waals surface area contributed by atoms with E-state index in [1.807, 2.05) is 0 Å². The van der Waals surface area contributed by atoms with Crippen LogP contribution in [0.5, 0.6) is 0 Å². The maximum absolute atomic E-state index is 13.1. The molecule has 0 fully saturated rings. The van der Waals surface area contributed by atoms with Crippen LogP contribution in [-0.2, 0) is 6.42 Å². The second-order valence-electron chi connectivity index (χ2n) is 4.40. The van der Waals surface area contributed by atoms with Crippen LogP contribution >= 0.6 is 24.2 Å². The zero-order chi connectivity index (χ0) is 15.2. The van der Waals surface area contributed by atoms with Gasteiger partial charge in [0.25, 0.3) is 0 Å². The third kappa shape index (κ3) is 4.65. The van der Waals surface area contributed by atoms with Gasteiger partial charge in [0.2, 0.25) is 0 Å². The first kappa shape index (κ1) is 18.9. The van der Waals surface area contributed by atoms with Gasteiger partial charge in [0.1, 0.15) is 11.6 Å². The van der Waals surface area contributed by atoms with Gasteiger partial charge in [-0.25, -0.2) is 4.39 Å². The van der Waals surface area contributed by atoms with E-state index in [1.54, 1.807) is 16.7 Å². The minimum Gasteiger partial charge on any atom is -0.394 e. The number of benzene rings is 1. The minimum absolute atomic E-state index is 0. The fourth-order valence-electron chi connectivity index (χ4n) is 1.76. The van der Waals surface area contributed by atoms with E-state index in [0.717, 1.165) is 5.69 Å². The van der Waals surface area contributed by atoms with Crippen molar-refractivity contribution in [3.05, 3.63) is 35.9 Å². The maximum atomic E-state index is 13.1. The van der Waals surface area contributed by atoms with E-state index in [4.69, 9.17) is 10.8 Å². The molecule has 0 saturated heterocycles. The van der Waals surface area contributed by atoms with E-state index >= 15 is 0 Å². The fraction of sp³-hybridized carbons (Fsp3) is 0.385. The molecule has 0 aliphatic rings. The molecule has 0 bridgehead atoms. The summed E-state index contributed by atoms with van der Waals surface area (Å²) < 4.78 is 14.8. The van der Waals surface area contributed by atoms with Gasteiger partial charge in [-0.15, -0.1) is 22.6 Å². The van der Waals surface area contributed by atoms with Crippen LogP contribution in [0.2, 0.25) is 0 Å². The van der Waals surface area contributed by atoms with Crippen molar-refractivity contribution in [1.29, 1.82) is 0 Å². The molecule has 2 rings (SSSR count). The van der Waals surface area contributed by atoms with Gasteiger partial charge in [-0.1, -0.05) is 11.8 Å². The fourth-order valence-corrected chi connectivity index (χ4v) is 2.64. The Hall–Kier alpha value is -1.19. The van der Waals surface area contributed by atoms with Crippen molar-refractivity contribution in [3.8, 4) is 5.69 Å². The number of nitrogens with two attached hydrogens (primary N) is 1. The first-order chi connectivity index (χ1) is 10.2. The molecule has 6 nitrogen and oxygen atoms in total. The Bertz CT molecular complexity index is 582. The van der Waals surface area contributed by atoms with Crippen LogP contribution in [0.15, 0.2) is 29.4 Å². The van der Waals surface area contributed by atoms with E-state index in [2.05, 4.69) is 10.2 Å². The highest BCUT2D eigenvalue weighted by molar-refractivity contribution is 7.99. The van der Waals surface area contributed by atoms with Crippen LogP contribution in [0.3, 0.4) is 0 Å². The summed E-state index contributed by atoms with van der Waals surface area (Å²) in [6, 6.07) is 5.98. The van der Waals surface area contributed by atoms with E-state index in [-0.39, 0.29) is 24.8 Å². The lowest BCUT2D eigenvalue weighted by Gasteiger charge is -2.11. The summed E-state index contributed by atoms with van der Waals surface area (Å²) in [4.78, 5) is 0. The van der Waals surface area contributed by atoms with Gasteiger partial charge in [-0.3, -0.25) is 4.57 Å². The van der Waals surface area contributed by atoms with Gasteiger partial charge in [0, 0.05) is 17.9 Å². The molecule has 1 heterocycles. The van der Waals surface area contributed by atoms with Gasteiger partial charge < -0.3 is 15.9 Å². The Labute approximate surface area is 138 Å². The zero-order valence-corrected chi connectivity index (χ0v) is 13.4. The first-order valence-corrected chi connectivity index (χ1v) is 7.46. The van der Waals surface area contributed by atoms with E-state index in [0.29, 0.717) is 29.7 Å². The van der Waals surface area contributed by atoms with E-state index < -0.39 is 6.10 Å². The topological polar surface area (TPSA) is 97.2 Å². The largest absolute Gasteiger partial charge is 0.394 e. The van der Waals surface area contributed by atoms with Gasteiger partial charge in [0.05, 0.1) is 12.7 Å². The molecular formula is C13H18ClFN4O2S. The molecule has 0 saturated carbocycles. The van der Waals surface area contributed by atoms with Gasteiger partial charge in [0.15, 0.2) is 5.16 Å². The normalized spacial score (nSPS) is 12.0. The molecule has 1 aromatic carbocycles. The number of aromatic nitrogens is 3. The highest BCUT2D eigenvalue weighted by Crippen LogP contribution is 2.23. The number of aliphatic hydroxyl groups excluding tert-OH is 2. The second kappa shape index (κ2) is 9.06. The van der Waals surface area contributed by atoms with Crippen LogP contribution in [0.4, 0.5) is 4.39 Å². The summed E-state index contributed by atoms with van der Waals surface area (Å²) in [7, 11) is 0. The molecular weight excluding hydrogens is 331 g/mol. The van der Waals surface area contributed by atoms with Crippen LogP contribution in [0.25, 0.3) is 5.69 Å². The molecule has 1 aromatic heterocycles. The molecule has 22 heavy (non-hydrogen) atoms. The Morgan fingerprint density at radius 3 is 2.55 bits per heavy atom. The van der Waals surface area contributed by atoms with Crippen molar-refractivity contribution in [2.24, 2.45) is 5.73 Å². The van der Waals surface area contributed by atoms with Gasteiger partial charge in [-0.05, 0) is 30.8 Å². The van der Waals surface area contributed by atoms with Crippen LogP contribution in [-0.4, -0.2) is 50.0 Å². The molecule has 0 radical (unpaired) electrons. The lowest BCUT2D eigenvalue weighted by Crippen LogP contribution is -2.15. The monoisotopic (exact) mass is 348 g/mol. The minimum atomic E-state index is -0.827. The lowest BCUT2D eigenvalue weighted by atomic mass is 10.3. The summed E-state index contributed by atoms with van der Waals surface area (Å²) in [6.07, 6.45) is -0.292. The summed E-state index contributed by atoms with van der Waals surface area (Å²) in [6.45, 7) is 0.108. The lowest BCUT2D eigenvalue weighted by molar-refractivity contribution is 0.113. The Morgan fingerprint density at radius 1 is 1.27 bits per heavy atom. The van der Waals surface area contributed by atoms with Crippen LogP contribution < -0.4 is 5.73 Å². The third-order valence-corrected chi connectivity index (χ3v) is 3.84. The predicted molar refractivity (Wildman–Crippen MR) is 85.1 cm³/mol. The summed E-state index contributed by atoms with van der Waals surface area (Å²) in [5.41, 5.74) is 6.29. The molecule has 0 amide bonds. The Morgan fingerprint density at radius 2 is 1.95 bits per heavy atom. The zero-order valence-electron chi connectivity index (χ0n) is 11.7. The van der Waals surface area contributed by atoms with Gasteiger partial charge in [-0.2, -0.15) is 0 Å². The highest BCUT2D eigenvalue weighted by atomic mass is 35.5. The van der Waals surface area contributed by atoms with Gasteiger partial charge >= 0.3 is 0 Å². The smallest absolute Gasteiger partial charge is 0.195 e. The molecule has 0 spiro atoms. The molecule has 4 N–H and O–H groups in total. The second-order valence-corrected chi connectivity index (χ2v) is 5.38. The molecule has 9 heteroatoms. The molecule has 0 aliphatic heterocycles. The molecule has 2 aromatic rings. The van der Waals surface area contributed by atoms with Crippen molar-refractivity contribution < 1.29 is 14.6 Å². The van der Waals surface area contributed by atoms with Crippen LogP contribution in [0, 0.1) is 5.82 Å². The SMILES string of the molecule is Cl.NCCc1nnc(SC[C@@H](O)CO)n1-c1ccc(F)cc1. The molecule has 0 aliphatic carbocycles. The standard InChI is InChI=1S/C13H17FN4O2S.ClH/c14-9-1-3-10(4-2-9)18-12(5-6-15)16-17-13(18)21-8-11(20)7-19;/h1-4,11,19-20H,5-8,15H2;1H/t11-;/m0./s1. The summed E-state index contributed by atoms with van der Waals surface area (Å²) in [5.74, 6) is 0.639. The third-order valence-electron chi connectivity index (χ3n) is 2.77. The summed E-state index contributed by atoms with van der Waals surface area (Å²) in [5, 5.41) is 27.0. The number of rotatable bonds is 7. The molecule has 1 atom stereocenters. The number of hydrogen-bond donors (Lipinski definition) is 3. The van der Waals surface area contributed by atoms with Crippen molar-refractivity contribution in [2.45, 2.75) is 17.7 Å². The first-order valence-electron chi connectivity index (χ1n) is 6.47. The molecule has 0 unspecified atom stereocenters. The quantitative estimate of drug-likeness (QED) is 0.640. The number of aliphatic hydroxyl groups is 2. The van der Waals surface area contributed by atoms with Crippen molar-refractivity contribution >= 4 is 24.2 Å². The Kier molecular flexibility index (Phi) is 7.77. The maximum Gasteiger partial charge on any atom is 0.195 e. The van der Waals surface area contributed by atoms with Crippen LogP contribution in [0.1, 0.15) is 5.82 Å². The van der Waals surface area contributed by atoms with Crippen molar-refractivity contribution in [2.75, 3.05) is 18.9 Å².